The number of benzene rings is 1. The molecular formula is C10H11ClFNO. The summed E-state index contributed by atoms with van der Waals surface area (Å²) in [6, 6.07) is 5.38. The van der Waals surface area contributed by atoms with Gasteiger partial charge in [0.1, 0.15) is 5.82 Å². The summed E-state index contributed by atoms with van der Waals surface area (Å²) in [5.41, 5.74) is 0.601. The van der Waals surface area contributed by atoms with Crippen molar-refractivity contribution in [2.45, 2.75) is 12.6 Å². The Kier molecular flexibility index (Phi) is 3.01. The first kappa shape index (κ1) is 9.90. The minimum Gasteiger partial charge on any atom is -0.378 e. The molecule has 1 saturated heterocycles. The molecule has 4 heteroatoms. The van der Waals surface area contributed by atoms with Crippen LogP contribution in [-0.4, -0.2) is 19.3 Å². The quantitative estimate of drug-likeness (QED) is 0.833. The average molecular weight is 216 g/mol. The van der Waals surface area contributed by atoms with Gasteiger partial charge in [-0.2, -0.15) is 0 Å². The van der Waals surface area contributed by atoms with Gasteiger partial charge < -0.3 is 10.1 Å². The number of nitrogens with one attached hydrogen (secondary N) is 1. The maximum absolute atomic E-state index is 13.4. The van der Waals surface area contributed by atoms with Gasteiger partial charge in [-0.05, 0) is 6.07 Å². The fourth-order valence-electron chi connectivity index (χ4n) is 1.29. The standard InChI is InChI=1S/C10H11ClFNO/c11-9-3-1-2-7(10(9)12)4-13-8-5-14-6-8/h1-3,8,13H,4-6H2. The molecular weight excluding hydrogens is 205 g/mol. The molecule has 0 aromatic heterocycles. The number of ether oxygens (including phenoxy) is 1. The average Bonchev–Trinajstić information content (AvgIpc) is 2.09. The van der Waals surface area contributed by atoms with Crippen molar-refractivity contribution in [2.75, 3.05) is 13.2 Å². The van der Waals surface area contributed by atoms with Crippen LogP contribution in [0.4, 0.5) is 4.39 Å². The lowest BCUT2D eigenvalue weighted by molar-refractivity contribution is -0.00588. The molecule has 1 N–H and O–H groups in total. The summed E-state index contributed by atoms with van der Waals surface area (Å²) in [4.78, 5) is 0. The summed E-state index contributed by atoms with van der Waals surface area (Å²) < 4.78 is 18.4. The van der Waals surface area contributed by atoms with Crippen molar-refractivity contribution < 1.29 is 9.13 Å². The van der Waals surface area contributed by atoms with E-state index in [0.29, 0.717) is 31.4 Å². The molecule has 0 amide bonds. The molecule has 2 rings (SSSR count). The summed E-state index contributed by atoms with van der Waals surface area (Å²) in [6.07, 6.45) is 0. The fourth-order valence-corrected chi connectivity index (χ4v) is 1.49. The summed E-state index contributed by atoms with van der Waals surface area (Å²) >= 11 is 5.65. The second kappa shape index (κ2) is 4.26. The van der Waals surface area contributed by atoms with Gasteiger partial charge >= 0.3 is 0 Å². The largest absolute Gasteiger partial charge is 0.378 e. The number of hydrogen-bond donors (Lipinski definition) is 1. The molecule has 0 spiro atoms. The zero-order valence-electron chi connectivity index (χ0n) is 7.59. The Morgan fingerprint density at radius 3 is 2.93 bits per heavy atom. The molecule has 1 aliphatic heterocycles. The van der Waals surface area contributed by atoms with Gasteiger partial charge in [-0.15, -0.1) is 0 Å². The maximum atomic E-state index is 13.4. The first-order valence-electron chi connectivity index (χ1n) is 4.51. The Bertz CT molecular complexity index is 328. The molecule has 1 fully saturated rings. The molecule has 1 aliphatic rings. The molecule has 0 aliphatic carbocycles. The smallest absolute Gasteiger partial charge is 0.146 e. The lowest BCUT2D eigenvalue weighted by Gasteiger charge is -2.27. The van der Waals surface area contributed by atoms with E-state index in [4.69, 9.17) is 16.3 Å². The van der Waals surface area contributed by atoms with Crippen LogP contribution >= 0.6 is 11.6 Å². The summed E-state index contributed by atoms with van der Waals surface area (Å²) in [5.74, 6) is -0.332. The predicted molar refractivity (Wildman–Crippen MR) is 52.9 cm³/mol. The number of hydrogen-bond acceptors (Lipinski definition) is 2. The number of halogens is 2. The van der Waals surface area contributed by atoms with Crippen LogP contribution in [0.1, 0.15) is 5.56 Å². The van der Waals surface area contributed by atoms with Gasteiger partial charge in [0.05, 0.1) is 24.3 Å². The Labute approximate surface area is 87.0 Å². The van der Waals surface area contributed by atoms with Crippen molar-refractivity contribution in [3.8, 4) is 0 Å². The SMILES string of the molecule is Fc1c(Cl)cccc1CNC1COC1. The zero-order valence-corrected chi connectivity index (χ0v) is 8.35. The minimum absolute atomic E-state index is 0.175. The summed E-state index contributed by atoms with van der Waals surface area (Å²) in [7, 11) is 0. The first-order chi connectivity index (χ1) is 6.77. The lowest BCUT2D eigenvalue weighted by Crippen LogP contribution is -2.45. The molecule has 1 heterocycles. The van der Waals surface area contributed by atoms with Crippen LogP contribution in [0.2, 0.25) is 5.02 Å². The van der Waals surface area contributed by atoms with Crippen LogP contribution in [-0.2, 0) is 11.3 Å². The van der Waals surface area contributed by atoms with E-state index >= 15 is 0 Å². The van der Waals surface area contributed by atoms with Crippen LogP contribution in [0.25, 0.3) is 0 Å². The normalized spacial score (nSPS) is 16.7. The van der Waals surface area contributed by atoms with E-state index < -0.39 is 0 Å². The van der Waals surface area contributed by atoms with Gasteiger partial charge in [0.2, 0.25) is 0 Å². The highest BCUT2D eigenvalue weighted by atomic mass is 35.5. The molecule has 1 aromatic carbocycles. The van der Waals surface area contributed by atoms with E-state index in [0.717, 1.165) is 0 Å². The predicted octanol–water partition coefficient (Wildman–Crippen LogP) is 1.97. The van der Waals surface area contributed by atoms with Crippen molar-refractivity contribution in [1.29, 1.82) is 0 Å². The number of rotatable bonds is 3. The molecule has 0 radical (unpaired) electrons. The van der Waals surface area contributed by atoms with E-state index in [1.807, 2.05) is 0 Å². The minimum atomic E-state index is -0.332. The van der Waals surface area contributed by atoms with Crippen LogP contribution in [0.3, 0.4) is 0 Å². The van der Waals surface area contributed by atoms with Crippen molar-refractivity contribution in [1.82, 2.24) is 5.32 Å². The molecule has 76 valence electrons. The monoisotopic (exact) mass is 215 g/mol. The third-order valence-corrected chi connectivity index (χ3v) is 2.54. The van der Waals surface area contributed by atoms with E-state index in [1.54, 1.807) is 18.2 Å². The Hall–Kier alpha value is -0.640. The Morgan fingerprint density at radius 2 is 2.29 bits per heavy atom. The van der Waals surface area contributed by atoms with Crippen LogP contribution < -0.4 is 5.32 Å². The maximum Gasteiger partial charge on any atom is 0.146 e. The van der Waals surface area contributed by atoms with Gasteiger partial charge in [0.25, 0.3) is 0 Å². The molecule has 0 saturated carbocycles. The van der Waals surface area contributed by atoms with Gasteiger partial charge in [0, 0.05) is 12.1 Å². The Morgan fingerprint density at radius 1 is 1.50 bits per heavy atom. The van der Waals surface area contributed by atoms with Gasteiger partial charge in [-0.25, -0.2) is 4.39 Å². The van der Waals surface area contributed by atoms with Crippen LogP contribution in [0.5, 0.6) is 0 Å². The van der Waals surface area contributed by atoms with Crippen molar-refractivity contribution in [2.24, 2.45) is 0 Å². The first-order valence-corrected chi connectivity index (χ1v) is 4.89. The van der Waals surface area contributed by atoms with E-state index in [1.165, 1.54) is 0 Å². The van der Waals surface area contributed by atoms with E-state index in [-0.39, 0.29) is 10.8 Å². The fraction of sp³-hybridized carbons (Fsp3) is 0.400. The topological polar surface area (TPSA) is 21.3 Å². The highest BCUT2D eigenvalue weighted by Gasteiger charge is 2.17. The molecule has 0 bridgehead atoms. The highest BCUT2D eigenvalue weighted by molar-refractivity contribution is 6.30. The molecule has 1 aromatic rings. The van der Waals surface area contributed by atoms with Crippen LogP contribution in [0.15, 0.2) is 18.2 Å². The molecule has 0 atom stereocenters. The molecule has 0 unspecified atom stereocenters. The summed E-state index contributed by atoms with van der Waals surface area (Å²) in [5, 5.41) is 3.35. The van der Waals surface area contributed by atoms with Crippen molar-refractivity contribution >= 4 is 11.6 Å². The zero-order chi connectivity index (χ0) is 9.97. The van der Waals surface area contributed by atoms with Crippen molar-refractivity contribution in [3.05, 3.63) is 34.6 Å². The summed E-state index contributed by atoms with van der Waals surface area (Å²) in [6.45, 7) is 1.92. The van der Waals surface area contributed by atoms with E-state index in [2.05, 4.69) is 5.32 Å². The second-order valence-electron chi connectivity index (χ2n) is 3.33. The van der Waals surface area contributed by atoms with Crippen molar-refractivity contribution in [3.63, 3.8) is 0 Å². The van der Waals surface area contributed by atoms with Gasteiger partial charge in [0.15, 0.2) is 0 Å². The van der Waals surface area contributed by atoms with Crippen LogP contribution in [0, 0.1) is 5.82 Å². The Balaban J connectivity index is 1.97. The molecule has 14 heavy (non-hydrogen) atoms. The van der Waals surface area contributed by atoms with Gasteiger partial charge in [-0.1, -0.05) is 23.7 Å². The highest BCUT2D eigenvalue weighted by Crippen LogP contribution is 2.17. The van der Waals surface area contributed by atoms with E-state index in [9.17, 15) is 4.39 Å². The molecule has 2 nitrogen and oxygen atoms in total. The van der Waals surface area contributed by atoms with Gasteiger partial charge in [-0.3, -0.25) is 0 Å². The second-order valence-corrected chi connectivity index (χ2v) is 3.74. The lowest BCUT2D eigenvalue weighted by atomic mass is 10.2. The third-order valence-electron chi connectivity index (χ3n) is 2.25. The third kappa shape index (κ3) is 2.05.